The average molecular weight is 337 g/mol. The molecular weight excluding hydrogens is 324 g/mol. The summed E-state index contributed by atoms with van der Waals surface area (Å²) >= 11 is 0. The zero-order valence-corrected chi connectivity index (χ0v) is 12.5. The van der Waals surface area contributed by atoms with E-state index in [0.717, 1.165) is 12.1 Å². The van der Waals surface area contributed by atoms with Gasteiger partial charge in [-0.25, -0.2) is 9.79 Å². The molecule has 0 bridgehead atoms. The molecule has 0 spiro atoms. The number of nitro benzene ring substituents is 1. The molecule has 0 fully saturated rings. The molecule has 8 nitrogen and oxygen atoms in total. The molecule has 0 aliphatic carbocycles. The zero-order valence-electron chi connectivity index (χ0n) is 11.7. The molecule has 2 aromatic carbocycles. The third kappa shape index (κ3) is 3.74. The number of hydrogen-bond acceptors (Lipinski definition) is 4. The Labute approximate surface area is 137 Å². The van der Waals surface area contributed by atoms with Crippen molar-refractivity contribution in [3.63, 3.8) is 0 Å². The van der Waals surface area contributed by atoms with E-state index < -0.39 is 10.9 Å². The van der Waals surface area contributed by atoms with E-state index in [1.807, 2.05) is 0 Å². The highest BCUT2D eigenvalue weighted by Gasteiger charge is 2.24. The van der Waals surface area contributed by atoms with Crippen LogP contribution in [0.1, 0.15) is 10.4 Å². The van der Waals surface area contributed by atoms with Crippen LogP contribution < -0.4 is 11.5 Å². The number of carboxylic acids is 1. The van der Waals surface area contributed by atoms with E-state index in [0.29, 0.717) is 5.56 Å². The fourth-order valence-electron chi connectivity index (χ4n) is 2.04. The van der Waals surface area contributed by atoms with Gasteiger partial charge in [0.15, 0.2) is 5.96 Å². The number of halogens is 1. The van der Waals surface area contributed by atoms with Crippen molar-refractivity contribution in [1.82, 2.24) is 0 Å². The van der Waals surface area contributed by atoms with Crippen LogP contribution in [0.25, 0.3) is 11.1 Å². The molecule has 2 rings (SSSR count). The Morgan fingerprint density at radius 1 is 1.13 bits per heavy atom. The lowest BCUT2D eigenvalue weighted by Gasteiger charge is -2.10. The van der Waals surface area contributed by atoms with Gasteiger partial charge < -0.3 is 16.6 Å². The Morgan fingerprint density at radius 3 is 2.22 bits per heavy atom. The molecule has 0 aliphatic rings. The van der Waals surface area contributed by atoms with Crippen LogP contribution in [-0.2, 0) is 0 Å². The third-order valence-electron chi connectivity index (χ3n) is 2.89. The maximum absolute atomic E-state index is 11.3. The van der Waals surface area contributed by atoms with Gasteiger partial charge in [-0.05, 0) is 11.6 Å². The van der Waals surface area contributed by atoms with Gasteiger partial charge in [0.05, 0.1) is 21.7 Å². The molecule has 5 N–H and O–H groups in total. The van der Waals surface area contributed by atoms with Gasteiger partial charge in [0.1, 0.15) is 0 Å². The molecule has 2 aromatic rings. The number of rotatable bonds is 4. The minimum Gasteiger partial charge on any atom is -0.478 e. The molecule has 0 aromatic heterocycles. The number of carbonyl (C=O) groups is 1. The van der Waals surface area contributed by atoms with Gasteiger partial charge in [0.2, 0.25) is 0 Å². The normalized spacial score (nSPS) is 9.57. The quantitative estimate of drug-likeness (QED) is 0.338. The Kier molecular flexibility index (Phi) is 5.63. The number of aliphatic imine (C=N–C) groups is 1. The van der Waals surface area contributed by atoms with Gasteiger partial charge >= 0.3 is 5.97 Å². The molecule has 0 amide bonds. The van der Waals surface area contributed by atoms with Gasteiger partial charge in [-0.1, -0.05) is 30.3 Å². The summed E-state index contributed by atoms with van der Waals surface area (Å²) in [6, 6.07) is 10.5. The SMILES string of the molecule is Cl.NC(N)=Nc1c(C(=O)O)ccc([N+](=O)[O-])c1-c1ccccc1. The van der Waals surface area contributed by atoms with Crippen molar-refractivity contribution in [3.8, 4) is 11.1 Å². The van der Waals surface area contributed by atoms with Crippen LogP contribution in [-0.4, -0.2) is 22.0 Å². The van der Waals surface area contributed by atoms with E-state index in [9.17, 15) is 20.0 Å². The van der Waals surface area contributed by atoms with Crippen molar-refractivity contribution in [2.75, 3.05) is 0 Å². The van der Waals surface area contributed by atoms with Crippen LogP contribution in [0.4, 0.5) is 11.4 Å². The van der Waals surface area contributed by atoms with Crippen molar-refractivity contribution < 1.29 is 14.8 Å². The van der Waals surface area contributed by atoms with Gasteiger partial charge in [-0.3, -0.25) is 10.1 Å². The molecule has 0 radical (unpaired) electrons. The molecule has 0 atom stereocenters. The predicted octanol–water partition coefficient (Wildman–Crippen LogP) is 2.29. The lowest BCUT2D eigenvalue weighted by Crippen LogP contribution is -2.22. The number of hydrogen-bond donors (Lipinski definition) is 3. The first-order valence-electron chi connectivity index (χ1n) is 6.11. The second-order valence-electron chi connectivity index (χ2n) is 4.32. The van der Waals surface area contributed by atoms with Gasteiger partial charge in [0.25, 0.3) is 5.69 Å². The van der Waals surface area contributed by atoms with Crippen molar-refractivity contribution in [1.29, 1.82) is 0 Å². The van der Waals surface area contributed by atoms with Gasteiger partial charge in [-0.2, -0.15) is 0 Å². The fourth-order valence-corrected chi connectivity index (χ4v) is 2.04. The molecule has 0 unspecified atom stereocenters. The average Bonchev–Trinajstić information content (AvgIpc) is 2.46. The van der Waals surface area contributed by atoms with Crippen LogP contribution in [0.2, 0.25) is 0 Å². The number of guanidine groups is 1. The van der Waals surface area contributed by atoms with E-state index in [2.05, 4.69) is 4.99 Å². The standard InChI is InChI=1S/C14H12N4O4.ClH/c15-14(16)17-12-9(13(19)20)6-7-10(18(21)22)11(12)8-4-2-1-3-5-8;/h1-7H,(H,19,20)(H4,15,16,17);1H. The second-order valence-corrected chi connectivity index (χ2v) is 4.32. The van der Waals surface area contributed by atoms with E-state index in [1.54, 1.807) is 30.3 Å². The summed E-state index contributed by atoms with van der Waals surface area (Å²) in [5.74, 6) is -1.67. The first-order chi connectivity index (χ1) is 10.4. The lowest BCUT2D eigenvalue weighted by atomic mass is 9.98. The number of nitrogens with two attached hydrogens (primary N) is 2. The second kappa shape index (κ2) is 7.23. The Bertz CT molecular complexity index is 774. The van der Waals surface area contributed by atoms with Crippen molar-refractivity contribution in [2.24, 2.45) is 16.5 Å². The maximum atomic E-state index is 11.3. The van der Waals surface area contributed by atoms with Gasteiger partial charge in [-0.15, -0.1) is 12.4 Å². The third-order valence-corrected chi connectivity index (χ3v) is 2.89. The maximum Gasteiger partial charge on any atom is 0.337 e. The molecule has 9 heteroatoms. The van der Waals surface area contributed by atoms with E-state index >= 15 is 0 Å². The van der Waals surface area contributed by atoms with E-state index in [1.165, 1.54) is 0 Å². The molecule has 0 aliphatic heterocycles. The minimum atomic E-state index is -1.29. The summed E-state index contributed by atoms with van der Waals surface area (Å²) in [5, 5.41) is 20.5. The summed E-state index contributed by atoms with van der Waals surface area (Å²) in [4.78, 5) is 25.8. The van der Waals surface area contributed by atoms with Crippen molar-refractivity contribution in [3.05, 3.63) is 58.1 Å². The summed E-state index contributed by atoms with van der Waals surface area (Å²) in [5.41, 5.74) is 10.5. The van der Waals surface area contributed by atoms with Crippen LogP contribution in [0.15, 0.2) is 47.5 Å². The van der Waals surface area contributed by atoms with Crippen LogP contribution in [0.3, 0.4) is 0 Å². The summed E-state index contributed by atoms with van der Waals surface area (Å²) < 4.78 is 0. The monoisotopic (exact) mass is 336 g/mol. The Balaban J connectivity index is 0.00000264. The largest absolute Gasteiger partial charge is 0.478 e. The highest BCUT2D eigenvalue weighted by atomic mass is 35.5. The fraction of sp³-hybridized carbons (Fsp3) is 0. The number of aromatic carboxylic acids is 1. The van der Waals surface area contributed by atoms with E-state index in [4.69, 9.17) is 11.5 Å². The van der Waals surface area contributed by atoms with Crippen LogP contribution in [0.5, 0.6) is 0 Å². The molecule has 23 heavy (non-hydrogen) atoms. The smallest absolute Gasteiger partial charge is 0.337 e. The molecule has 0 saturated heterocycles. The number of carboxylic acid groups (broad SMARTS) is 1. The predicted molar refractivity (Wildman–Crippen MR) is 88.2 cm³/mol. The summed E-state index contributed by atoms with van der Waals surface area (Å²) in [6.07, 6.45) is 0. The molecule has 120 valence electrons. The summed E-state index contributed by atoms with van der Waals surface area (Å²) in [7, 11) is 0. The number of nitro groups is 1. The lowest BCUT2D eigenvalue weighted by molar-refractivity contribution is -0.384. The van der Waals surface area contributed by atoms with Crippen LogP contribution in [0, 0.1) is 10.1 Å². The Morgan fingerprint density at radius 2 is 1.74 bits per heavy atom. The minimum absolute atomic E-state index is 0. The highest BCUT2D eigenvalue weighted by molar-refractivity contribution is 6.02. The van der Waals surface area contributed by atoms with E-state index in [-0.39, 0.29) is 40.9 Å². The first-order valence-corrected chi connectivity index (χ1v) is 6.11. The molecular formula is C14H13ClN4O4. The number of benzene rings is 2. The first kappa shape index (κ1) is 17.9. The number of nitrogens with zero attached hydrogens (tertiary/aromatic N) is 2. The molecule has 0 saturated carbocycles. The molecule has 0 heterocycles. The zero-order chi connectivity index (χ0) is 16.3. The summed E-state index contributed by atoms with van der Waals surface area (Å²) in [6.45, 7) is 0. The topological polar surface area (TPSA) is 145 Å². The Hall–Kier alpha value is -3.13. The highest BCUT2D eigenvalue weighted by Crippen LogP contribution is 2.40. The van der Waals surface area contributed by atoms with Crippen LogP contribution >= 0.6 is 12.4 Å². The van der Waals surface area contributed by atoms with Gasteiger partial charge in [0, 0.05) is 6.07 Å². The van der Waals surface area contributed by atoms with Crippen molar-refractivity contribution >= 4 is 35.7 Å². The van der Waals surface area contributed by atoms with Crippen molar-refractivity contribution in [2.45, 2.75) is 0 Å².